The van der Waals surface area contributed by atoms with E-state index in [0.717, 1.165) is 19.4 Å². The number of amides is 2. The van der Waals surface area contributed by atoms with E-state index in [9.17, 15) is 9.59 Å². The Hall–Kier alpha value is -1.40. The number of nitrogens with two attached hydrogens (primary N) is 1. The van der Waals surface area contributed by atoms with Crippen molar-refractivity contribution in [3.05, 3.63) is 22.4 Å². The molecule has 2 saturated heterocycles. The first-order chi connectivity index (χ1) is 11.1. The summed E-state index contributed by atoms with van der Waals surface area (Å²) >= 11 is 1.71. The molecule has 1 aromatic rings. The average molecular weight is 335 g/mol. The van der Waals surface area contributed by atoms with Gasteiger partial charge in [-0.05, 0) is 61.5 Å². The molecule has 3 rings (SSSR count). The van der Waals surface area contributed by atoms with Gasteiger partial charge in [-0.1, -0.05) is 0 Å². The highest BCUT2D eigenvalue weighted by Gasteiger charge is 2.36. The molecular weight excluding hydrogens is 310 g/mol. The first-order valence-electron chi connectivity index (χ1n) is 8.44. The number of carbonyl (C=O) groups excluding carboxylic acids is 2. The highest BCUT2D eigenvalue weighted by molar-refractivity contribution is 7.07. The molecule has 2 aliphatic heterocycles. The minimum atomic E-state index is -0.234. The molecule has 5 nitrogen and oxygen atoms in total. The second kappa shape index (κ2) is 7.01. The minimum Gasteiger partial charge on any atom is -0.369 e. The summed E-state index contributed by atoms with van der Waals surface area (Å²) in [4.78, 5) is 28.4. The molecule has 0 bridgehead atoms. The molecule has 2 unspecified atom stereocenters. The molecule has 1 aromatic heterocycles. The van der Waals surface area contributed by atoms with Gasteiger partial charge in [0.25, 0.3) is 0 Å². The predicted octanol–water partition coefficient (Wildman–Crippen LogP) is 2.00. The van der Waals surface area contributed by atoms with E-state index in [1.807, 2.05) is 11.8 Å². The van der Waals surface area contributed by atoms with Gasteiger partial charge in [-0.3, -0.25) is 14.5 Å². The van der Waals surface area contributed by atoms with Gasteiger partial charge in [0.2, 0.25) is 11.8 Å². The van der Waals surface area contributed by atoms with Crippen LogP contribution >= 0.6 is 11.3 Å². The monoisotopic (exact) mass is 335 g/mol. The van der Waals surface area contributed by atoms with Gasteiger partial charge >= 0.3 is 0 Å². The van der Waals surface area contributed by atoms with E-state index < -0.39 is 0 Å². The van der Waals surface area contributed by atoms with Crippen LogP contribution in [0.25, 0.3) is 0 Å². The summed E-state index contributed by atoms with van der Waals surface area (Å²) in [6.45, 7) is 4.29. The molecule has 2 aliphatic rings. The van der Waals surface area contributed by atoms with E-state index in [1.54, 1.807) is 11.3 Å². The Morgan fingerprint density at radius 1 is 1.26 bits per heavy atom. The molecular formula is C17H25N3O2S. The maximum absolute atomic E-state index is 12.8. The van der Waals surface area contributed by atoms with E-state index >= 15 is 0 Å². The summed E-state index contributed by atoms with van der Waals surface area (Å²) in [6, 6.07) is 2.43. The maximum atomic E-state index is 12.8. The zero-order chi connectivity index (χ0) is 16.4. The molecule has 0 aliphatic carbocycles. The van der Waals surface area contributed by atoms with Crippen LogP contribution in [0, 0.1) is 5.92 Å². The Labute approximate surface area is 141 Å². The number of piperidine rings is 1. The number of nitrogens with zero attached hydrogens (tertiary/aromatic N) is 2. The molecule has 2 atom stereocenters. The SMILES string of the molecule is CC(C(=O)N1CCC(C(N)=O)CC1)N1CCCC1c1ccsc1. The van der Waals surface area contributed by atoms with Gasteiger partial charge in [0.1, 0.15) is 0 Å². The van der Waals surface area contributed by atoms with Crippen LogP contribution in [0.15, 0.2) is 16.8 Å². The van der Waals surface area contributed by atoms with Crippen LogP contribution in [0.5, 0.6) is 0 Å². The molecule has 23 heavy (non-hydrogen) atoms. The lowest BCUT2D eigenvalue weighted by molar-refractivity contribution is -0.139. The molecule has 0 aromatic carbocycles. The fourth-order valence-electron chi connectivity index (χ4n) is 3.87. The Bertz CT molecular complexity index is 552. The topological polar surface area (TPSA) is 66.6 Å². The van der Waals surface area contributed by atoms with Crippen LogP contribution in [0.2, 0.25) is 0 Å². The lowest BCUT2D eigenvalue weighted by Crippen LogP contribution is -2.50. The average Bonchev–Trinajstić information content (AvgIpc) is 3.24. The second-order valence-electron chi connectivity index (χ2n) is 6.63. The number of carbonyl (C=O) groups is 2. The number of rotatable bonds is 4. The highest BCUT2D eigenvalue weighted by Crippen LogP contribution is 2.35. The van der Waals surface area contributed by atoms with Crippen molar-refractivity contribution in [2.45, 2.75) is 44.7 Å². The zero-order valence-electron chi connectivity index (χ0n) is 13.6. The Kier molecular flexibility index (Phi) is 5.02. The first-order valence-corrected chi connectivity index (χ1v) is 9.38. The lowest BCUT2D eigenvalue weighted by atomic mass is 9.96. The van der Waals surface area contributed by atoms with Crippen molar-refractivity contribution in [1.29, 1.82) is 0 Å². The van der Waals surface area contributed by atoms with Crippen molar-refractivity contribution < 1.29 is 9.59 Å². The van der Waals surface area contributed by atoms with E-state index in [2.05, 4.69) is 21.7 Å². The minimum absolute atomic E-state index is 0.0697. The molecule has 126 valence electrons. The van der Waals surface area contributed by atoms with Crippen molar-refractivity contribution in [3.63, 3.8) is 0 Å². The van der Waals surface area contributed by atoms with Crippen molar-refractivity contribution in [2.24, 2.45) is 11.7 Å². The largest absolute Gasteiger partial charge is 0.369 e. The zero-order valence-corrected chi connectivity index (χ0v) is 14.4. The lowest BCUT2D eigenvalue weighted by Gasteiger charge is -2.36. The van der Waals surface area contributed by atoms with Crippen molar-refractivity contribution in [2.75, 3.05) is 19.6 Å². The van der Waals surface area contributed by atoms with Gasteiger partial charge in [0.05, 0.1) is 6.04 Å². The van der Waals surface area contributed by atoms with E-state index in [4.69, 9.17) is 5.73 Å². The highest BCUT2D eigenvalue weighted by atomic mass is 32.1. The number of primary amides is 1. The van der Waals surface area contributed by atoms with Crippen molar-refractivity contribution in [3.8, 4) is 0 Å². The third-order valence-electron chi connectivity index (χ3n) is 5.29. The fraction of sp³-hybridized carbons (Fsp3) is 0.647. The third-order valence-corrected chi connectivity index (χ3v) is 5.99. The van der Waals surface area contributed by atoms with Gasteiger partial charge in [0.15, 0.2) is 0 Å². The fourth-order valence-corrected chi connectivity index (χ4v) is 4.57. The Balaban J connectivity index is 1.62. The normalized spacial score (nSPS) is 24.7. The number of likely N-dealkylation sites (tertiary alicyclic amines) is 2. The molecule has 3 heterocycles. The van der Waals surface area contributed by atoms with Gasteiger partial charge in [-0.25, -0.2) is 0 Å². The van der Waals surface area contributed by atoms with Crippen LogP contribution in [0.1, 0.15) is 44.2 Å². The molecule has 0 saturated carbocycles. The van der Waals surface area contributed by atoms with Crippen LogP contribution in [-0.2, 0) is 9.59 Å². The molecule has 2 N–H and O–H groups in total. The summed E-state index contributed by atoms with van der Waals surface area (Å²) in [7, 11) is 0. The van der Waals surface area contributed by atoms with Crippen molar-refractivity contribution >= 4 is 23.2 Å². The van der Waals surface area contributed by atoms with E-state index in [-0.39, 0.29) is 23.8 Å². The summed E-state index contributed by atoms with van der Waals surface area (Å²) < 4.78 is 0. The quantitative estimate of drug-likeness (QED) is 0.915. The van der Waals surface area contributed by atoms with Crippen LogP contribution in [0.4, 0.5) is 0 Å². The number of hydrogen-bond acceptors (Lipinski definition) is 4. The number of hydrogen-bond donors (Lipinski definition) is 1. The molecule has 2 amide bonds. The molecule has 0 radical (unpaired) electrons. The first kappa shape index (κ1) is 16.5. The van der Waals surface area contributed by atoms with Gasteiger partial charge in [-0.2, -0.15) is 11.3 Å². The van der Waals surface area contributed by atoms with E-state index in [0.29, 0.717) is 32.0 Å². The molecule has 6 heteroatoms. The summed E-state index contributed by atoms with van der Waals surface area (Å²) in [6.07, 6.45) is 3.66. The summed E-state index contributed by atoms with van der Waals surface area (Å²) in [5.74, 6) is -0.114. The van der Waals surface area contributed by atoms with Crippen LogP contribution < -0.4 is 5.73 Å². The van der Waals surface area contributed by atoms with Gasteiger partial charge < -0.3 is 10.6 Å². The third kappa shape index (κ3) is 3.43. The van der Waals surface area contributed by atoms with E-state index in [1.165, 1.54) is 5.56 Å². The van der Waals surface area contributed by atoms with Crippen molar-refractivity contribution in [1.82, 2.24) is 9.80 Å². The summed E-state index contributed by atoms with van der Waals surface area (Å²) in [5.41, 5.74) is 6.70. The van der Waals surface area contributed by atoms with Gasteiger partial charge in [0, 0.05) is 25.0 Å². The Morgan fingerprint density at radius 2 is 2.00 bits per heavy atom. The smallest absolute Gasteiger partial charge is 0.239 e. The summed E-state index contributed by atoms with van der Waals surface area (Å²) in [5, 5.41) is 4.30. The van der Waals surface area contributed by atoms with Crippen LogP contribution in [-0.4, -0.2) is 47.3 Å². The van der Waals surface area contributed by atoms with Gasteiger partial charge in [-0.15, -0.1) is 0 Å². The number of thiophene rings is 1. The second-order valence-corrected chi connectivity index (χ2v) is 7.41. The predicted molar refractivity (Wildman–Crippen MR) is 91.0 cm³/mol. The standard InChI is InChI=1S/C17H25N3O2S/c1-12(17(22)19-8-4-13(5-9-19)16(18)21)20-7-2-3-15(20)14-6-10-23-11-14/h6,10-13,15H,2-5,7-9H2,1H3,(H2,18,21). The Morgan fingerprint density at radius 3 is 2.61 bits per heavy atom. The molecule has 0 spiro atoms. The molecule has 2 fully saturated rings. The maximum Gasteiger partial charge on any atom is 0.239 e. The van der Waals surface area contributed by atoms with Crippen LogP contribution in [0.3, 0.4) is 0 Å².